The molecule has 0 aliphatic carbocycles. The van der Waals surface area contributed by atoms with Gasteiger partial charge in [0.2, 0.25) is 5.95 Å². The molecule has 3 N–H and O–H groups in total. The zero-order chi connectivity index (χ0) is 19.1. The van der Waals surface area contributed by atoms with Crippen LogP contribution < -0.4 is 11.1 Å². The van der Waals surface area contributed by atoms with E-state index in [4.69, 9.17) is 5.73 Å². The van der Waals surface area contributed by atoms with Crippen LogP contribution in [0.5, 0.6) is 0 Å². The highest BCUT2D eigenvalue weighted by atomic mass is 15.1. The number of aromatic nitrogens is 2. The summed E-state index contributed by atoms with van der Waals surface area (Å²) in [4.78, 5) is 14.7. The van der Waals surface area contributed by atoms with Gasteiger partial charge in [-0.15, -0.1) is 0 Å². The van der Waals surface area contributed by atoms with Crippen LogP contribution in [0.15, 0.2) is 83.5 Å². The van der Waals surface area contributed by atoms with Crippen molar-refractivity contribution in [3.05, 3.63) is 84.2 Å². The van der Waals surface area contributed by atoms with Crippen LogP contribution in [-0.4, -0.2) is 27.6 Å². The monoisotopic (exact) mass is 360 g/mol. The van der Waals surface area contributed by atoms with Gasteiger partial charge < -0.3 is 16.0 Å². The Labute approximate surface area is 159 Å². The van der Waals surface area contributed by atoms with Crippen LogP contribution in [0.1, 0.15) is 18.5 Å². The minimum absolute atomic E-state index is 0.261. The molecule has 2 aliphatic heterocycles. The first-order valence-corrected chi connectivity index (χ1v) is 8.86. The van der Waals surface area contributed by atoms with Crippen LogP contribution in [0.25, 0.3) is 0 Å². The summed E-state index contributed by atoms with van der Waals surface area (Å²) in [5.41, 5.74) is 9.57. The van der Waals surface area contributed by atoms with Crippen LogP contribution in [0.2, 0.25) is 0 Å². The quantitative estimate of drug-likeness (QED) is 0.800. The summed E-state index contributed by atoms with van der Waals surface area (Å²) in [5, 5.41) is 3.32. The van der Waals surface area contributed by atoms with Gasteiger partial charge in [-0.05, 0) is 30.7 Å². The van der Waals surface area contributed by atoms with Gasteiger partial charge in [-0.3, -0.25) is 4.99 Å². The molecule has 138 valence electrons. The normalized spacial score (nSPS) is 21.7. The second-order valence-corrected chi connectivity index (χ2v) is 6.28. The minimum atomic E-state index is 0.261. The Bertz CT molecular complexity index is 866. The summed E-state index contributed by atoms with van der Waals surface area (Å²) in [6.07, 6.45) is 19.8. The fraction of sp³-hybridized carbons (Fsp3) is 0.190. The minimum Gasteiger partial charge on any atom is -0.368 e. The van der Waals surface area contributed by atoms with Gasteiger partial charge in [0.1, 0.15) is 5.82 Å². The topological polar surface area (TPSA) is 79.4 Å². The molecule has 0 saturated heterocycles. The number of aryl methyl sites for hydroxylation is 1. The Hall–Kier alpha value is -3.41. The lowest BCUT2D eigenvalue weighted by molar-refractivity contribution is 0.531. The van der Waals surface area contributed by atoms with E-state index >= 15 is 0 Å². The molecule has 0 saturated carbocycles. The fourth-order valence-electron chi connectivity index (χ4n) is 2.77. The summed E-state index contributed by atoms with van der Waals surface area (Å²) in [6.45, 7) is 6.80. The Kier molecular flexibility index (Phi) is 5.99. The molecule has 6 heteroatoms. The number of anilines is 2. The van der Waals surface area contributed by atoms with E-state index in [9.17, 15) is 0 Å². The third-order valence-electron chi connectivity index (χ3n) is 4.00. The molecule has 0 radical (unpaired) electrons. The maximum Gasteiger partial charge on any atom is 0.222 e. The summed E-state index contributed by atoms with van der Waals surface area (Å²) >= 11 is 0. The number of allylic oxidation sites excluding steroid dienone is 6. The van der Waals surface area contributed by atoms with E-state index in [1.54, 1.807) is 0 Å². The van der Waals surface area contributed by atoms with Crippen molar-refractivity contribution in [2.75, 3.05) is 17.6 Å². The molecular formula is C21H24N6. The van der Waals surface area contributed by atoms with Gasteiger partial charge in [0, 0.05) is 61.2 Å². The molecule has 1 aromatic rings. The molecule has 0 amide bonds. The first-order chi connectivity index (χ1) is 13.1. The second kappa shape index (κ2) is 8.80. The molecule has 0 fully saturated rings. The van der Waals surface area contributed by atoms with Gasteiger partial charge in [-0.25, -0.2) is 4.98 Å². The van der Waals surface area contributed by atoms with Gasteiger partial charge in [0.25, 0.3) is 0 Å². The molecule has 1 aromatic heterocycles. The summed E-state index contributed by atoms with van der Waals surface area (Å²) in [5.74, 6) is 0.945. The fourth-order valence-corrected chi connectivity index (χ4v) is 2.77. The molecule has 0 spiro atoms. The lowest BCUT2D eigenvalue weighted by Gasteiger charge is -2.20. The van der Waals surface area contributed by atoms with Crippen molar-refractivity contribution in [3.8, 4) is 0 Å². The van der Waals surface area contributed by atoms with Crippen LogP contribution in [0.3, 0.4) is 0 Å². The van der Waals surface area contributed by atoms with Gasteiger partial charge in [-0.2, -0.15) is 4.98 Å². The Morgan fingerprint density at radius 1 is 1.22 bits per heavy atom. The van der Waals surface area contributed by atoms with Crippen molar-refractivity contribution in [3.63, 3.8) is 0 Å². The largest absolute Gasteiger partial charge is 0.368 e. The number of nitrogens with one attached hydrogen (secondary N) is 1. The SMILES string of the molecule is C=C1/C=C\N(C2=CCC=NC=C2)C/C=C\C/C(Nc2cc(C)nc(N)n2)=C\1. The first-order valence-electron chi connectivity index (χ1n) is 8.86. The first kappa shape index (κ1) is 18.4. The maximum atomic E-state index is 5.74. The number of nitrogen functional groups attached to an aromatic ring is 1. The number of aliphatic imine (C=N–C) groups is 1. The number of nitrogens with two attached hydrogens (primary N) is 1. The van der Waals surface area contributed by atoms with E-state index < -0.39 is 0 Å². The summed E-state index contributed by atoms with van der Waals surface area (Å²) < 4.78 is 0. The summed E-state index contributed by atoms with van der Waals surface area (Å²) in [6, 6.07) is 1.87. The van der Waals surface area contributed by atoms with E-state index in [-0.39, 0.29) is 5.95 Å². The van der Waals surface area contributed by atoms with Crippen LogP contribution >= 0.6 is 0 Å². The molecule has 3 heterocycles. The lowest BCUT2D eigenvalue weighted by atomic mass is 10.1. The van der Waals surface area contributed by atoms with Gasteiger partial charge >= 0.3 is 0 Å². The van der Waals surface area contributed by atoms with Crippen LogP contribution in [-0.2, 0) is 0 Å². The molecule has 0 unspecified atom stereocenters. The zero-order valence-electron chi connectivity index (χ0n) is 15.5. The average Bonchev–Trinajstić information content (AvgIpc) is 2.89. The summed E-state index contributed by atoms with van der Waals surface area (Å²) in [7, 11) is 0. The molecule has 6 nitrogen and oxygen atoms in total. The molecular weight excluding hydrogens is 336 g/mol. The molecule has 27 heavy (non-hydrogen) atoms. The number of hydrogen-bond donors (Lipinski definition) is 2. The van der Waals surface area contributed by atoms with Crippen molar-refractivity contribution < 1.29 is 0 Å². The highest BCUT2D eigenvalue weighted by Gasteiger charge is 2.06. The lowest BCUT2D eigenvalue weighted by Crippen LogP contribution is -2.16. The second-order valence-electron chi connectivity index (χ2n) is 6.28. The van der Waals surface area contributed by atoms with Gasteiger partial charge in [0.05, 0.1) is 0 Å². The van der Waals surface area contributed by atoms with E-state index in [2.05, 4.69) is 50.0 Å². The maximum absolute atomic E-state index is 5.74. The highest BCUT2D eigenvalue weighted by Crippen LogP contribution is 2.17. The molecule has 3 rings (SSSR count). The molecule has 0 bridgehead atoms. The van der Waals surface area contributed by atoms with E-state index in [0.717, 1.165) is 42.0 Å². The molecule has 0 aromatic carbocycles. The Balaban J connectivity index is 1.77. The number of rotatable bonds is 3. The van der Waals surface area contributed by atoms with Crippen molar-refractivity contribution in [2.45, 2.75) is 19.8 Å². The molecule has 2 aliphatic rings. The van der Waals surface area contributed by atoms with Crippen molar-refractivity contribution in [2.24, 2.45) is 4.99 Å². The highest BCUT2D eigenvalue weighted by molar-refractivity contribution is 5.61. The zero-order valence-corrected chi connectivity index (χ0v) is 15.5. The smallest absolute Gasteiger partial charge is 0.222 e. The van der Waals surface area contributed by atoms with E-state index in [0.29, 0.717) is 5.82 Å². The van der Waals surface area contributed by atoms with Crippen LogP contribution in [0.4, 0.5) is 11.8 Å². The van der Waals surface area contributed by atoms with Crippen molar-refractivity contribution >= 4 is 18.0 Å². The third kappa shape index (κ3) is 5.54. The number of nitrogens with zero attached hydrogens (tertiary/aromatic N) is 4. The van der Waals surface area contributed by atoms with Crippen molar-refractivity contribution in [1.29, 1.82) is 0 Å². The predicted octanol–water partition coefficient (Wildman–Crippen LogP) is 3.87. The Morgan fingerprint density at radius 2 is 2.11 bits per heavy atom. The van der Waals surface area contributed by atoms with Crippen LogP contribution in [0, 0.1) is 6.92 Å². The molecule has 0 atom stereocenters. The van der Waals surface area contributed by atoms with E-state index in [1.807, 2.05) is 49.8 Å². The van der Waals surface area contributed by atoms with Crippen molar-refractivity contribution in [1.82, 2.24) is 14.9 Å². The third-order valence-corrected chi connectivity index (χ3v) is 4.00. The predicted molar refractivity (Wildman–Crippen MR) is 112 cm³/mol. The average molecular weight is 360 g/mol. The number of hydrogen-bond acceptors (Lipinski definition) is 6. The Morgan fingerprint density at radius 3 is 2.96 bits per heavy atom. The van der Waals surface area contributed by atoms with Gasteiger partial charge in [-0.1, -0.05) is 24.8 Å². The van der Waals surface area contributed by atoms with Gasteiger partial charge in [0.15, 0.2) is 0 Å². The standard InChI is InChI=1S/C21H24N6/c1-16-9-13-27(19-7-5-10-23-11-8-19)12-4-3-6-18(14-16)25-20-15-17(2)24-21(22)26-20/h3-4,7-11,13-15H,1,5-6,12H2,2H3,(H3,22,24,25,26)/b4-3-,13-9-,18-14+. The van der Waals surface area contributed by atoms with E-state index in [1.165, 1.54) is 0 Å².